The Morgan fingerprint density at radius 2 is 2.04 bits per heavy atom. The van der Waals surface area contributed by atoms with E-state index in [0.29, 0.717) is 17.4 Å². The summed E-state index contributed by atoms with van der Waals surface area (Å²) in [5.74, 6) is 0.924. The van der Waals surface area contributed by atoms with Crippen LogP contribution in [0.15, 0.2) is 55.0 Å². The van der Waals surface area contributed by atoms with Crippen molar-refractivity contribution in [2.45, 2.75) is 26.3 Å². The van der Waals surface area contributed by atoms with Crippen LogP contribution in [0.25, 0.3) is 5.69 Å². The maximum absolute atomic E-state index is 11.9. The van der Waals surface area contributed by atoms with Crippen molar-refractivity contribution in [2.75, 3.05) is 6.61 Å². The van der Waals surface area contributed by atoms with Crippen LogP contribution in [0, 0.1) is 0 Å². The van der Waals surface area contributed by atoms with Crippen LogP contribution in [0.4, 0.5) is 0 Å². The monoisotopic (exact) mass is 351 g/mol. The van der Waals surface area contributed by atoms with E-state index >= 15 is 0 Å². The summed E-state index contributed by atoms with van der Waals surface area (Å²) in [6, 6.07) is 11.5. The number of nitrogens with one attached hydrogen (secondary N) is 1. The standard InChI is InChI=1S/C19H21N5O2/c1-14(2)15-5-7-18(8-6-15)26-13-19(25)21-10-16-12-24(23-22-16)17-4-3-9-20-11-17/h3-9,11-12,14H,10,13H2,1-2H3,(H,21,25). The number of ether oxygens (including phenoxy) is 1. The molecule has 0 saturated heterocycles. The number of carbonyl (C=O) groups is 1. The molecule has 0 spiro atoms. The smallest absolute Gasteiger partial charge is 0.258 e. The summed E-state index contributed by atoms with van der Waals surface area (Å²) in [5.41, 5.74) is 2.70. The fourth-order valence-electron chi connectivity index (χ4n) is 2.33. The van der Waals surface area contributed by atoms with E-state index in [9.17, 15) is 4.79 Å². The molecule has 1 amide bonds. The minimum absolute atomic E-state index is 0.0439. The van der Waals surface area contributed by atoms with Crippen molar-refractivity contribution in [2.24, 2.45) is 0 Å². The first-order valence-corrected chi connectivity index (χ1v) is 8.43. The van der Waals surface area contributed by atoms with E-state index in [2.05, 4.69) is 34.5 Å². The van der Waals surface area contributed by atoms with Gasteiger partial charge in [0, 0.05) is 6.20 Å². The fourth-order valence-corrected chi connectivity index (χ4v) is 2.33. The zero-order valence-corrected chi connectivity index (χ0v) is 14.8. The van der Waals surface area contributed by atoms with Gasteiger partial charge in [-0.15, -0.1) is 5.10 Å². The van der Waals surface area contributed by atoms with Crippen molar-refractivity contribution in [3.8, 4) is 11.4 Å². The number of aromatic nitrogens is 4. The molecule has 0 aliphatic carbocycles. The maximum Gasteiger partial charge on any atom is 0.258 e. The molecule has 0 atom stereocenters. The van der Waals surface area contributed by atoms with Gasteiger partial charge < -0.3 is 10.1 Å². The van der Waals surface area contributed by atoms with Crippen LogP contribution in [0.1, 0.15) is 31.0 Å². The van der Waals surface area contributed by atoms with E-state index in [1.807, 2.05) is 36.4 Å². The molecule has 2 heterocycles. The van der Waals surface area contributed by atoms with Gasteiger partial charge in [0.2, 0.25) is 0 Å². The van der Waals surface area contributed by atoms with Gasteiger partial charge in [-0.25, -0.2) is 4.68 Å². The minimum Gasteiger partial charge on any atom is -0.484 e. The van der Waals surface area contributed by atoms with Gasteiger partial charge in [0.1, 0.15) is 11.4 Å². The Bertz CT molecular complexity index is 844. The second-order valence-corrected chi connectivity index (χ2v) is 6.15. The van der Waals surface area contributed by atoms with Gasteiger partial charge in [-0.3, -0.25) is 9.78 Å². The third-order valence-electron chi connectivity index (χ3n) is 3.83. The van der Waals surface area contributed by atoms with Gasteiger partial charge in [-0.1, -0.05) is 31.2 Å². The Balaban J connectivity index is 1.46. The lowest BCUT2D eigenvalue weighted by Gasteiger charge is -2.09. The van der Waals surface area contributed by atoms with Gasteiger partial charge in [-0.05, 0) is 35.7 Å². The average molecular weight is 351 g/mol. The van der Waals surface area contributed by atoms with Crippen LogP contribution in [0.3, 0.4) is 0 Å². The molecule has 7 heteroatoms. The molecule has 0 aliphatic heterocycles. The first-order valence-electron chi connectivity index (χ1n) is 8.43. The van der Waals surface area contributed by atoms with Crippen LogP contribution in [-0.4, -0.2) is 32.5 Å². The Kier molecular flexibility index (Phi) is 5.58. The van der Waals surface area contributed by atoms with Gasteiger partial charge >= 0.3 is 0 Å². The third-order valence-corrected chi connectivity index (χ3v) is 3.83. The third kappa shape index (κ3) is 4.66. The van der Waals surface area contributed by atoms with Crippen molar-refractivity contribution < 1.29 is 9.53 Å². The van der Waals surface area contributed by atoms with Crippen molar-refractivity contribution in [1.82, 2.24) is 25.3 Å². The molecule has 26 heavy (non-hydrogen) atoms. The van der Waals surface area contributed by atoms with Crippen LogP contribution in [0.2, 0.25) is 0 Å². The lowest BCUT2D eigenvalue weighted by Crippen LogP contribution is -2.28. The van der Waals surface area contributed by atoms with Gasteiger partial charge in [0.25, 0.3) is 5.91 Å². The van der Waals surface area contributed by atoms with Gasteiger partial charge in [0.05, 0.1) is 24.6 Å². The highest BCUT2D eigenvalue weighted by atomic mass is 16.5. The zero-order chi connectivity index (χ0) is 18.4. The quantitative estimate of drug-likeness (QED) is 0.707. The largest absolute Gasteiger partial charge is 0.484 e. The Labute approximate surface area is 152 Å². The molecule has 3 aromatic rings. The second-order valence-electron chi connectivity index (χ2n) is 6.15. The number of benzene rings is 1. The molecule has 0 fully saturated rings. The summed E-state index contributed by atoms with van der Waals surface area (Å²) >= 11 is 0. The first kappa shape index (κ1) is 17.6. The molecular weight excluding hydrogens is 330 g/mol. The summed E-state index contributed by atoms with van der Waals surface area (Å²) in [6.45, 7) is 4.51. The number of hydrogen-bond donors (Lipinski definition) is 1. The molecule has 2 aromatic heterocycles. The Morgan fingerprint density at radius 1 is 1.23 bits per heavy atom. The van der Waals surface area contributed by atoms with E-state index < -0.39 is 0 Å². The average Bonchev–Trinajstić information content (AvgIpc) is 3.15. The highest BCUT2D eigenvalue weighted by molar-refractivity contribution is 5.77. The van der Waals surface area contributed by atoms with Gasteiger partial charge in [0.15, 0.2) is 6.61 Å². The van der Waals surface area contributed by atoms with Crippen molar-refractivity contribution in [1.29, 1.82) is 0 Å². The van der Waals surface area contributed by atoms with E-state index in [1.54, 1.807) is 23.3 Å². The van der Waals surface area contributed by atoms with E-state index in [0.717, 1.165) is 5.69 Å². The molecule has 134 valence electrons. The van der Waals surface area contributed by atoms with E-state index in [4.69, 9.17) is 4.74 Å². The fraction of sp³-hybridized carbons (Fsp3) is 0.263. The molecule has 7 nitrogen and oxygen atoms in total. The highest BCUT2D eigenvalue weighted by Gasteiger charge is 2.07. The summed E-state index contributed by atoms with van der Waals surface area (Å²) in [6.07, 6.45) is 5.14. The molecule has 0 unspecified atom stereocenters. The molecule has 0 saturated carbocycles. The van der Waals surface area contributed by atoms with Crippen molar-refractivity contribution >= 4 is 5.91 Å². The van der Waals surface area contributed by atoms with Crippen molar-refractivity contribution in [3.05, 3.63) is 66.2 Å². The summed E-state index contributed by atoms with van der Waals surface area (Å²) in [7, 11) is 0. The lowest BCUT2D eigenvalue weighted by atomic mass is 10.0. The molecule has 1 aromatic carbocycles. The minimum atomic E-state index is -0.214. The molecule has 3 rings (SSSR count). The van der Waals surface area contributed by atoms with Crippen LogP contribution < -0.4 is 10.1 Å². The summed E-state index contributed by atoms with van der Waals surface area (Å²) in [5, 5.41) is 10.8. The van der Waals surface area contributed by atoms with Gasteiger partial charge in [-0.2, -0.15) is 0 Å². The van der Waals surface area contributed by atoms with E-state index in [-0.39, 0.29) is 19.1 Å². The number of carbonyl (C=O) groups excluding carboxylic acids is 1. The number of nitrogens with zero attached hydrogens (tertiary/aromatic N) is 4. The summed E-state index contributed by atoms with van der Waals surface area (Å²) in [4.78, 5) is 16.0. The predicted molar refractivity (Wildman–Crippen MR) is 97.0 cm³/mol. The van der Waals surface area contributed by atoms with Crippen LogP contribution in [0.5, 0.6) is 5.75 Å². The maximum atomic E-state index is 11.9. The first-order chi connectivity index (χ1) is 12.6. The molecule has 0 bridgehead atoms. The number of amides is 1. The summed E-state index contributed by atoms with van der Waals surface area (Å²) < 4.78 is 7.12. The normalized spacial score (nSPS) is 10.7. The zero-order valence-electron chi connectivity index (χ0n) is 14.8. The highest BCUT2D eigenvalue weighted by Crippen LogP contribution is 2.18. The Morgan fingerprint density at radius 3 is 2.73 bits per heavy atom. The topological polar surface area (TPSA) is 81.9 Å². The number of rotatable bonds is 7. The van der Waals surface area contributed by atoms with Crippen LogP contribution in [-0.2, 0) is 11.3 Å². The van der Waals surface area contributed by atoms with Crippen LogP contribution >= 0.6 is 0 Å². The molecular formula is C19H21N5O2. The number of pyridine rings is 1. The predicted octanol–water partition coefficient (Wildman–Crippen LogP) is 2.48. The second kappa shape index (κ2) is 8.24. The Hall–Kier alpha value is -3.22. The molecule has 0 radical (unpaired) electrons. The lowest BCUT2D eigenvalue weighted by molar-refractivity contribution is -0.123. The van der Waals surface area contributed by atoms with Crippen molar-refractivity contribution in [3.63, 3.8) is 0 Å². The molecule has 1 N–H and O–H groups in total. The molecule has 0 aliphatic rings. The SMILES string of the molecule is CC(C)c1ccc(OCC(=O)NCc2cn(-c3cccnc3)nn2)cc1. The number of hydrogen-bond acceptors (Lipinski definition) is 5. The van der Waals surface area contributed by atoms with E-state index in [1.165, 1.54) is 5.56 Å².